The lowest BCUT2D eigenvalue weighted by molar-refractivity contribution is 0.618. The molecule has 5 heteroatoms. The summed E-state index contributed by atoms with van der Waals surface area (Å²) in [4.78, 5) is 2.40. The first kappa shape index (κ1) is 10.4. The molecular formula is C9H14BrN3S. The molecule has 0 radical (unpaired) electrons. The Kier molecular flexibility index (Phi) is 3.75. The van der Waals surface area contributed by atoms with Gasteiger partial charge in [-0.1, -0.05) is 40.1 Å². The number of anilines is 1. The van der Waals surface area contributed by atoms with Crippen molar-refractivity contribution in [3.63, 3.8) is 0 Å². The zero-order chi connectivity index (χ0) is 9.80. The number of alkyl halides is 1. The smallest absolute Gasteiger partial charge is 0.208 e. The van der Waals surface area contributed by atoms with Gasteiger partial charge in [-0.2, -0.15) is 0 Å². The predicted molar refractivity (Wildman–Crippen MR) is 63.3 cm³/mol. The van der Waals surface area contributed by atoms with Crippen LogP contribution >= 0.6 is 27.3 Å². The summed E-state index contributed by atoms with van der Waals surface area (Å²) in [6.07, 6.45) is 5.35. The monoisotopic (exact) mass is 275 g/mol. The molecule has 0 unspecified atom stereocenters. The lowest BCUT2D eigenvalue weighted by Gasteiger charge is -2.27. The Morgan fingerprint density at radius 3 is 2.86 bits per heavy atom. The summed E-state index contributed by atoms with van der Waals surface area (Å²) in [6, 6.07) is 0.695. The van der Waals surface area contributed by atoms with E-state index < -0.39 is 0 Å². The molecule has 1 aliphatic carbocycles. The van der Waals surface area contributed by atoms with Gasteiger partial charge in [0.05, 0.1) is 0 Å². The number of halogens is 1. The van der Waals surface area contributed by atoms with Gasteiger partial charge < -0.3 is 4.90 Å². The van der Waals surface area contributed by atoms with Crippen LogP contribution in [-0.2, 0) is 0 Å². The molecule has 3 nitrogen and oxygen atoms in total. The van der Waals surface area contributed by atoms with Crippen molar-refractivity contribution in [1.82, 2.24) is 10.2 Å². The van der Waals surface area contributed by atoms with E-state index in [9.17, 15) is 0 Å². The quantitative estimate of drug-likeness (QED) is 0.792. The number of aromatic nitrogens is 2. The van der Waals surface area contributed by atoms with Crippen LogP contribution in [-0.4, -0.2) is 28.1 Å². The van der Waals surface area contributed by atoms with Crippen LogP contribution in [0.3, 0.4) is 0 Å². The third-order valence-corrected chi connectivity index (χ3v) is 3.77. The van der Waals surface area contributed by atoms with E-state index in [0.29, 0.717) is 6.04 Å². The Bertz CT molecular complexity index is 259. The van der Waals surface area contributed by atoms with Crippen LogP contribution < -0.4 is 4.90 Å². The molecule has 1 heterocycles. The molecule has 0 bridgehead atoms. The molecule has 78 valence electrons. The predicted octanol–water partition coefficient (Wildman–Crippen LogP) is 2.68. The minimum absolute atomic E-state index is 0.695. The van der Waals surface area contributed by atoms with Crippen LogP contribution in [0.15, 0.2) is 5.51 Å². The Balaban J connectivity index is 2.06. The highest BCUT2D eigenvalue weighted by molar-refractivity contribution is 9.09. The number of nitrogens with zero attached hydrogens (tertiary/aromatic N) is 3. The fourth-order valence-electron chi connectivity index (χ4n) is 2.03. The molecule has 0 aromatic carbocycles. The van der Waals surface area contributed by atoms with Gasteiger partial charge >= 0.3 is 0 Å². The fourth-order valence-corrected chi connectivity index (χ4v) is 3.07. The molecule has 0 N–H and O–H groups in total. The highest BCUT2D eigenvalue weighted by Crippen LogP contribution is 2.28. The lowest BCUT2D eigenvalue weighted by Crippen LogP contribution is -2.34. The van der Waals surface area contributed by atoms with Gasteiger partial charge in [-0.05, 0) is 12.8 Å². The highest BCUT2D eigenvalue weighted by Gasteiger charge is 2.23. The van der Waals surface area contributed by atoms with E-state index in [1.54, 1.807) is 11.3 Å². The van der Waals surface area contributed by atoms with E-state index in [1.807, 2.05) is 5.51 Å². The molecule has 0 aliphatic heterocycles. The summed E-state index contributed by atoms with van der Waals surface area (Å²) < 4.78 is 0. The zero-order valence-electron chi connectivity index (χ0n) is 8.03. The Hall–Kier alpha value is -0.160. The van der Waals surface area contributed by atoms with Gasteiger partial charge in [0.25, 0.3) is 0 Å². The van der Waals surface area contributed by atoms with E-state index in [-0.39, 0.29) is 0 Å². The maximum Gasteiger partial charge on any atom is 0.208 e. The van der Waals surface area contributed by atoms with Crippen LogP contribution in [0.2, 0.25) is 0 Å². The van der Waals surface area contributed by atoms with E-state index in [2.05, 4.69) is 31.0 Å². The van der Waals surface area contributed by atoms with Gasteiger partial charge in [0.1, 0.15) is 5.51 Å². The third-order valence-electron chi connectivity index (χ3n) is 2.69. The van der Waals surface area contributed by atoms with Crippen LogP contribution in [0.1, 0.15) is 25.7 Å². The van der Waals surface area contributed by atoms with E-state index in [4.69, 9.17) is 0 Å². The summed E-state index contributed by atoms with van der Waals surface area (Å²) >= 11 is 5.14. The summed E-state index contributed by atoms with van der Waals surface area (Å²) in [7, 11) is 0. The number of hydrogen-bond acceptors (Lipinski definition) is 4. The van der Waals surface area contributed by atoms with Crippen LogP contribution in [0, 0.1) is 0 Å². The second-order valence-corrected chi connectivity index (χ2v) is 5.15. The molecular weight excluding hydrogens is 262 g/mol. The summed E-state index contributed by atoms with van der Waals surface area (Å²) in [5.41, 5.74) is 1.81. The van der Waals surface area contributed by atoms with Crippen molar-refractivity contribution in [2.45, 2.75) is 31.7 Å². The molecule has 1 aromatic rings. The molecule has 1 saturated carbocycles. The Morgan fingerprint density at radius 2 is 2.29 bits per heavy atom. The minimum atomic E-state index is 0.695. The summed E-state index contributed by atoms with van der Waals surface area (Å²) in [6.45, 7) is 1.04. The molecule has 0 atom stereocenters. The first-order valence-electron chi connectivity index (χ1n) is 5.00. The van der Waals surface area contributed by atoms with Gasteiger partial charge in [0.2, 0.25) is 5.13 Å². The fraction of sp³-hybridized carbons (Fsp3) is 0.778. The van der Waals surface area contributed by atoms with Crippen molar-refractivity contribution in [1.29, 1.82) is 0 Å². The van der Waals surface area contributed by atoms with Crippen LogP contribution in [0.5, 0.6) is 0 Å². The Morgan fingerprint density at radius 1 is 1.50 bits per heavy atom. The molecule has 14 heavy (non-hydrogen) atoms. The van der Waals surface area contributed by atoms with Crippen molar-refractivity contribution in [3.05, 3.63) is 5.51 Å². The molecule has 1 aromatic heterocycles. The second kappa shape index (κ2) is 5.07. The average molecular weight is 276 g/mol. The average Bonchev–Trinajstić information content (AvgIpc) is 2.87. The first-order valence-corrected chi connectivity index (χ1v) is 7.00. The maximum atomic E-state index is 4.15. The van der Waals surface area contributed by atoms with E-state index in [0.717, 1.165) is 17.0 Å². The Labute approximate surface area is 96.7 Å². The maximum absolute atomic E-state index is 4.15. The van der Waals surface area contributed by atoms with Crippen molar-refractivity contribution in [2.24, 2.45) is 0 Å². The van der Waals surface area contributed by atoms with Gasteiger partial charge in [-0.15, -0.1) is 10.2 Å². The topological polar surface area (TPSA) is 29.0 Å². The molecule has 2 rings (SSSR count). The minimum Gasteiger partial charge on any atom is -0.343 e. The van der Waals surface area contributed by atoms with Gasteiger partial charge in [0, 0.05) is 17.9 Å². The van der Waals surface area contributed by atoms with Crippen molar-refractivity contribution in [3.8, 4) is 0 Å². The normalized spacial score (nSPS) is 17.5. The molecule has 0 amide bonds. The molecule has 1 aliphatic rings. The lowest BCUT2D eigenvalue weighted by atomic mass is 10.2. The van der Waals surface area contributed by atoms with Gasteiger partial charge in [-0.3, -0.25) is 0 Å². The number of hydrogen-bond donors (Lipinski definition) is 0. The third kappa shape index (κ3) is 2.25. The SMILES string of the molecule is BrCCN(c1nncs1)C1CCCC1. The van der Waals surface area contributed by atoms with Crippen molar-refractivity contribution in [2.75, 3.05) is 16.8 Å². The molecule has 0 saturated heterocycles. The summed E-state index contributed by atoms with van der Waals surface area (Å²) in [5.74, 6) is 0. The number of rotatable bonds is 4. The van der Waals surface area contributed by atoms with Gasteiger partial charge in [-0.25, -0.2) is 0 Å². The van der Waals surface area contributed by atoms with E-state index >= 15 is 0 Å². The largest absolute Gasteiger partial charge is 0.343 e. The van der Waals surface area contributed by atoms with Crippen LogP contribution in [0.4, 0.5) is 5.13 Å². The first-order chi connectivity index (χ1) is 6.92. The van der Waals surface area contributed by atoms with Gasteiger partial charge in [0.15, 0.2) is 0 Å². The van der Waals surface area contributed by atoms with Crippen molar-refractivity contribution >= 4 is 32.4 Å². The molecule has 1 fully saturated rings. The zero-order valence-corrected chi connectivity index (χ0v) is 10.4. The molecule has 0 spiro atoms. The second-order valence-electron chi connectivity index (χ2n) is 3.54. The summed E-state index contributed by atoms with van der Waals surface area (Å²) in [5, 5.41) is 10.1. The standard InChI is InChI=1S/C9H14BrN3S/c10-5-6-13(8-3-1-2-4-8)9-12-11-7-14-9/h7-8H,1-6H2. The van der Waals surface area contributed by atoms with Crippen LogP contribution in [0.25, 0.3) is 0 Å². The van der Waals surface area contributed by atoms with Crippen molar-refractivity contribution < 1.29 is 0 Å². The van der Waals surface area contributed by atoms with E-state index in [1.165, 1.54) is 25.7 Å². The highest BCUT2D eigenvalue weighted by atomic mass is 79.9.